The maximum Gasteiger partial charge on any atom is 0.228 e. The van der Waals surface area contributed by atoms with Gasteiger partial charge in [0, 0.05) is 23.7 Å². The molecule has 0 bridgehead atoms. The maximum atomic E-state index is 12.0. The highest BCUT2D eigenvalue weighted by molar-refractivity contribution is 7.99. The Hall–Kier alpha value is -1.28. The summed E-state index contributed by atoms with van der Waals surface area (Å²) in [4.78, 5) is 12.8. The van der Waals surface area contributed by atoms with Crippen LogP contribution in [0.2, 0.25) is 5.02 Å². The van der Waals surface area contributed by atoms with Crippen LogP contribution in [-0.4, -0.2) is 26.7 Å². The molecule has 1 amide bonds. The zero-order valence-corrected chi connectivity index (χ0v) is 15.4. The van der Waals surface area contributed by atoms with Crippen LogP contribution in [0.4, 0.5) is 5.69 Å². The van der Waals surface area contributed by atoms with E-state index in [-0.39, 0.29) is 30.3 Å². The molecule has 0 radical (unpaired) electrons. The number of carbonyl (C=O) groups is 1. The standard InChI is InChI=1S/C14H18ClN5OS.ClH/c1-8(9(2)16)13(21)18-10-4-5-12(11(15)6-10)22-14-19-17-7-20(14)3;/h4-9H,16H2,1-3H3,(H,18,21);1H. The second-order valence-electron chi connectivity index (χ2n) is 5.11. The van der Waals surface area contributed by atoms with E-state index in [4.69, 9.17) is 17.3 Å². The van der Waals surface area contributed by atoms with Crippen molar-refractivity contribution in [2.75, 3.05) is 5.32 Å². The Morgan fingerprint density at radius 3 is 2.65 bits per heavy atom. The van der Waals surface area contributed by atoms with Gasteiger partial charge < -0.3 is 15.6 Å². The molecule has 0 saturated heterocycles. The molecule has 6 nitrogen and oxygen atoms in total. The van der Waals surface area contributed by atoms with Gasteiger partial charge in [-0.05, 0) is 36.9 Å². The number of benzene rings is 1. The van der Waals surface area contributed by atoms with Gasteiger partial charge in [-0.25, -0.2) is 0 Å². The lowest BCUT2D eigenvalue weighted by atomic mass is 10.0. The molecule has 23 heavy (non-hydrogen) atoms. The summed E-state index contributed by atoms with van der Waals surface area (Å²) in [6, 6.07) is 5.15. The predicted molar refractivity (Wildman–Crippen MR) is 95.3 cm³/mol. The summed E-state index contributed by atoms with van der Waals surface area (Å²) in [7, 11) is 1.86. The minimum absolute atomic E-state index is 0. The molecule has 2 unspecified atom stereocenters. The maximum absolute atomic E-state index is 12.0. The van der Waals surface area contributed by atoms with E-state index >= 15 is 0 Å². The van der Waals surface area contributed by atoms with Crippen LogP contribution in [0.25, 0.3) is 0 Å². The first kappa shape index (κ1) is 19.8. The van der Waals surface area contributed by atoms with Crippen molar-refractivity contribution in [3.8, 4) is 0 Å². The van der Waals surface area contributed by atoms with Crippen LogP contribution in [-0.2, 0) is 11.8 Å². The number of amides is 1. The van der Waals surface area contributed by atoms with Crippen molar-refractivity contribution in [2.45, 2.75) is 29.9 Å². The number of aromatic nitrogens is 3. The monoisotopic (exact) mass is 375 g/mol. The van der Waals surface area contributed by atoms with Crippen molar-refractivity contribution in [1.29, 1.82) is 0 Å². The molecule has 0 spiro atoms. The Morgan fingerprint density at radius 1 is 1.43 bits per heavy atom. The summed E-state index contributed by atoms with van der Waals surface area (Å²) in [5.41, 5.74) is 6.37. The lowest BCUT2D eigenvalue weighted by molar-refractivity contribution is -0.119. The fraction of sp³-hybridized carbons (Fsp3) is 0.357. The van der Waals surface area contributed by atoms with Crippen molar-refractivity contribution >= 4 is 47.4 Å². The Balaban J connectivity index is 0.00000264. The second-order valence-corrected chi connectivity index (χ2v) is 6.53. The second kappa shape index (κ2) is 8.54. The topological polar surface area (TPSA) is 85.8 Å². The Labute approximate surface area is 150 Å². The van der Waals surface area contributed by atoms with Gasteiger partial charge in [0.05, 0.1) is 10.9 Å². The zero-order valence-electron chi connectivity index (χ0n) is 13.0. The summed E-state index contributed by atoms with van der Waals surface area (Å²) in [5, 5.41) is 11.9. The van der Waals surface area contributed by atoms with Crippen LogP contribution in [0.1, 0.15) is 13.8 Å². The molecule has 0 saturated carbocycles. The number of halogens is 2. The number of rotatable bonds is 5. The summed E-state index contributed by atoms with van der Waals surface area (Å²) >= 11 is 7.68. The molecule has 2 aromatic rings. The normalized spacial score (nSPS) is 13.1. The number of aryl methyl sites for hydroxylation is 1. The molecule has 3 N–H and O–H groups in total. The first-order chi connectivity index (χ1) is 10.4. The number of hydrogen-bond donors (Lipinski definition) is 2. The van der Waals surface area contributed by atoms with E-state index in [0.717, 1.165) is 10.1 Å². The number of nitrogens with zero attached hydrogens (tertiary/aromatic N) is 3. The molecule has 9 heteroatoms. The summed E-state index contributed by atoms with van der Waals surface area (Å²) < 4.78 is 1.81. The average Bonchev–Trinajstić information content (AvgIpc) is 2.86. The smallest absolute Gasteiger partial charge is 0.228 e. The van der Waals surface area contributed by atoms with E-state index in [0.29, 0.717) is 10.7 Å². The van der Waals surface area contributed by atoms with Crippen molar-refractivity contribution in [3.05, 3.63) is 29.5 Å². The van der Waals surface area contributed by atoms with Gasteiger partial charge >= 0.3 is 0 Å². The third-order valence-corrected chi connectivity index (χ3v) is 4.83. The van der Waals surface area contributed by atoms with Gasteiger partial charge in [0.2, 0.25) is 5.91 Å². The zero-order chi connectivity index (χ0) is 16.3. The largest absolute Gasteiger partial charge is 0.327 e. The van der Waals surface area contributed by atoms with Crippen molar-refractivity contribution < 1.29 is 4.79 Å². The fourth-order valence-electron chi connectivity index (χ4n) is 1.62. The average molecular weight is 376 g/mol. The Morgan fingerprint density at radius 2 is 2.13 bits per heavy atom. The Kier molecular flexibility index (Phi) is 7.34. The van der Waals surface area contributed by atoms with Gasteiger partial charge in [-0.3, -0.25) is 4.79 Å². The molecule has 0 fully saturated rings. The van der Waals surface area contributed by atoms with Gasteiger partial charge in [-0.2, -0.15) is 0 Å². The molecular formula is C14H19Cl2N5OS. The van der Waals surface area contributed by atoms with Crippen molar-refractivity contribution in [1.82, 2.24) is 14.8 Å². The highest BCUT2D eigenvalue weighted by Gasteiger charge is 2.17. The number of anilines is 1. The van der Waals surface area contributed by atoms with Gasteiger partial charge in [-0.15, -0.1) is 22.6 Å². The lowest BCUT2D eigenvalue weighted by Gasteiger charge is -2.15. The summed E-state index contributed by atoms with van der Waals surface area (Å²) in [5.74, 6) is -0.397. The molecule has 0 aliphatic rings. The molecular weight excluding hydrogens is 357 g/mol. The molecule has 126 valence electrons. The SMILES string of the molecule is CC(N)C(C)C(=O)Nc1ccc(Sc2nncn2C)c(Cl)c1.Cl. The number of carbonyl (C=O) groups excluding carboxylic acids is 1. The van der Waals surface area contributed by atoms with Crippen LogP contribution < -0.4 is 11.1 Å². The molecule has 2 rings (SSSR count). The predicted octanol–water partition coefficient (Wildman–Crippen LogP) is 2.96. The van der Waals surface area contributed by atoms with Crippen LogP contribution in [0.5, 0.6) is 0 Å². The molecule has 1 heterocycles. The van der Waals surface area contributed by atoms with Crippen molar-refractivity contribution in [3.63, 3.8) is 0 Å². The van der Waals surface area contributed by atoms with Gasteiger partial charge in [0.25, 0.3) is 0 Å². The van der Waals surface area contributed by atoms with Crippen molar-refractivity contribution in [2.24, 2.45) is 18.7 Å². The van der Waals surface area contributed by atoms with Gasteiger partial charge in [-0.1, -0.05) is 18.5 Å². The van der Waals surface area contributed by atoms with Gasteiger partial charge in [0.1, 0.15) is 6.33 Å². The van der Waals surface area contributed by atoms with Crippen LogP contribution in [0.3, 0.4) is 0 Å². The lowest BCUT2D eigenvalue weighted by Crippen LogP contribution is -2.34. The molecule has 0 aliphatic heterocycles. The number of nitrogens with one attached hydrogen (secondary N) is 1. The summed E-state index contributed by atoms with van der Waals surface area (Å²) in [6.45, 7) is 3.59. The van der Waals surface area contributed by atoms with E-state index in [1.165, 1.54) is 11.8 Å². The molecule has 1 aromatic heterocycles. The minimum Gasteiger partial charge on any atom is -0.327 e. The molecule has 2 atom stereocenters. The number of hydrogen-bond acceptors (Lipinski definition) is 5. The van der Waals surface area contributed by atoms with Crippen LogP contribution >= 0.6 is 35.8 Å². The minimum atomic E-state index is -0.272. The van der Waals surface area contributed by atoms with Crippen LogP contribution in [0.15, 0.2) is 34.6 Å². The van der Waals surface area contributed by atoms with Gasteiger partial charge in [0.15, 0.2) is 5.16 Å². The third-order valence-electron chi connectivity index (χ3n) is 3.27. The Bertz CT molecular complexity index is 677. The highest BCUT2D eigenvalue weighted by Crippen LogP contribution is 2.33. The molecule has 0 aliphatic carbocycles. The van der Waals surface area contributed by atoms with E-state index in [9.17, 15) is 4.79 Å². The van der Waals surface area contributed by atoms with E-state index in [1.807, 2.05) is 13.1 Å². The highest BCUT2D eigenvalue weighted by atomic mass is 35.5. The van der Waals surface area contributed by atoms with Crippen LogP contribution in [0, 0.1) is 5.92 Å². The first-order valence-electron chi connectivity index (χ1n) is 6.76. The number of nitrogens with two attached hydrogens (primary N) is 1. The van der Waals surface area contributed by atoms with E-state index < -0.39 is 0 Å². The molecule has 1 aromatic carbocycles. The third kappa shape index (κ3) is 5.10. The first-order valence-corrected chi connectivity index (χ1v) is 7.95. The fourth-order valence-corrected chi connectivity index (χ4v) is 2.68. The van der Waals surface area contributed by atoms with E-state index in [1.54, 1.807) is 36.9 Å². The quantitative estimate of drug-likeness (QED) is 0.838. The summed E-state index contributed by atoms with van der Waals surface area (Å²) in [6.07, 6.45) is 1.63. The van der Waals surface area contributed by atoms with E-state index in [2.05, 4.69) is 15.5 Å².